The van der Waals surface area contributed by atoms with Gasteiger partial charge in [-0.05, 0) is 44.9 Å². The summed E-state index contributed by atoms with van der Waals surface area (Å²) >= 11 is 0. The summed E-state index contributed by atoms with van der Waals surface area (Å²) in [6.07, 6.45) is 1.24. The van der Waals surface area contributed by atoms with Crippen LogP contribution in [0.5, 0.6) is 5.75 Å². The average molecular weight is 333 g/mol. The molecular formula is C19H31N3O2. The maximum Gasteiger partial charge on any atom is 0.193 e. The molecule has 2 atom stereocenters. The van der Waals surface area contributed by atoms with Gasteiger partial charge in [0.25, 0.3) is 0 Å². The van der Waals surface area contributed by atoms with Gasteiger partial charge in [-0.25, -0.2) is 0 Å². The Morgan fingerprint density at radius 3 is 3.00 bits per heavy atom. The zero-order chi connectivity index (χ0) is 17.4. The van der Waals surface area contributed by atoms with Gasteiger partial charge in [-0.1, -0.05) is 12.1 Å². The van der Waals surface area contributed by atoms with Gasteiger partial charge in [0.05, 0.1) is 13.2 Å². The van der Waals surface area contributed by atoms with Crippen LogP contribution in [0, 0.1) is 12.8 Å². The molecule has 24 heavy (non-hydrogen) atoms. The van der Waals surface area contributed by atoms with E-state index in [1.54, 1.807) is 0 Å². The summed E-state index contributed by atoms with van der Waals surface area (Å²) in [6.45, 7) is 10.6. The Hall–Kier alpha value is -1.75. The number of nitrogens with one attached hydrogen (secondary N) is 1. The summed E-state index contributed by atoms with van der Waals surface area (Å²) in [5.74, 6) is 2.47. The first-order valence-electron chi connectivity index (χ1n) is 8.89. The molecule has 1 aliphatic heterocycles. The van der Waals surface area contributed by atoms with Gasteiger partial charge >= 0.3 is 0 Å². The topological polar surface area (TPSA) is 46.1 Å². The molecule has 5 nitrogen and oxygen atoms in total. The first-order chi connectivity index (χ1) is 11.6. The molecule has 1 aromatic carbocycles. The number of benzene rings is 1. The number of guanidine groups is 1. The highest BCUT2D eigenvalue weighted by atomic mass is 16.5. The van der Waals surface area contributed by atoms with Gasteiger partial charge in [-0.3, -0.25) is 4.99 Å². The number of rotatable bonds is 7. The molecular weight excluding hydrogens is 302 g/mol. The highest BCUT2D eigenvalue weighted by Gasteiger charge is 2.25. The fraction of sp³-hybridized carbons (Fsp3) is 0.632. The van der Waals surface area contributed by atoms with Crippen molar-refractivity contribution < 1.29 is 9.47 Å². The Bertz CT molecular complexity index is 533. The predicted octanol–water partition coefficient (Wildman–Crippen LogP) is 2.70. The van der Waals surface area contributed by atoms with E-state index in [2.05, 4.69) is 41.2 Å². The standard InChI is InChI=1S/C19H31N3O2/c1-5-23-14-17-9-10-22(13-17)19(20-4)21-12-16(3)24-18-8-6-7-15(2)11-18/h6-8,11,16-17H,5,9-10,12-14H2,1-4H3,(H,20,21). The third-order valence-corrected chi connectivity index (χ3v) is 4.23. The first kappa shape index (κ1) is 18.6. The molecule has 2 rings (SSSR count). The Kier molecular flexibility index (Phi) is 7.37. The summed E-state index contributed by atoms with van der Waals surface area (Å²) in [5, 5.41) is 3.43. The van der Waals surface area contributed by atoms with E-state index in [9.17, 15) is 0 Å². The van der Waals surface area contributed by atoms with E-state index >= 15 is 0 Å². The van der Waals surface area contributed by atoms with Crippen molar-refractivity contribution in [3.63, 3.8) is 0 Å². The second-order valence-corrected chi connectivity index (χ2v) is 6.43. The minimum Gasteiger partial charge on any atom is -0.489 e. The van der Waals surface area contributed by atoms with Crippen LogP contribution in [0.15, 0.2) is 29.3 Å². The van der Waals surface area contributed by atoms with Crippen LogP contribution in [0.1, 0.15) is 25.8 Å². The highest BCUT2D eigenvalue weighted by Crippen LogP contribution is 2.17. The molecule has 1 aromatic rings. The second-order valence-electron chi connectivity index (χ2n) is 6.43. The first-order valence-corrected chi connectivity index (χ1v) is 8.89. The van der Waals surface area contributed by atoms with Crippen LogP contribution >= 0.6 is 0 Å². The van der Waals surface area contributed by atoms with Gasteiger partial charge in [-0.2, -0.15) is 0 Å². The van der Waals surface area contributed by atoms with E-state index in [1.165, 1.54) is 5.56 Å². The molecule has 0 aromatic heterocycles. The van der Waals surface area contributed by atoms with E-state index < -0.39 is 0 Å². The Morgan fingerprint density at radius 1 is 1.46 bits per heavy atom. The van der Waals surface area contributed by atoms with Crippen molar-refractivity contribution in [3.8, 4) is 5.75 Å². The molecule has 1 N–H and O–H groups in total. The minimum atomic E-state index is 0.0744. The van der Waals surface area contributed by atoms with E-state index in [4.69, 9.17) is 9.47 Å². The van der Waals surface area contributed by atoms with Gasteiger partial charge in [0.15, 0.2) is 5.96 Å². The highest BCUT2D eigenvalue weighted by molar-refractivity contribution is 5.80. The summed E-state index contributed by atoms with van der Waals surface area (Å²) in [6, 6.07) is 8.15. The number of hydrogen-bond donors (Lipinski definition) is 1. The van der Waals surface area contributed by atoms with Crippen LogP contribution in [-0.2, 0) is 4.74 Å². The van der Waals surface area contributed by atoms with Crippen molar-refractivity contribution in [2.75, 3.05) is 39.9 Å². The molecule has 2 unspecified atom stereocenters. The second kappa shape index (κ2) is 9.52. The number of likely N-dealkylation sites (tertiary alicyclic amines) is 1. The smallest absolute Gasteiger partial charge is 0.193 e. The van der Waals surface area contributed by atoms with Gasteiger partial charge in [0.1, 0.15) is 11.9 Å². The van der Waals surface area contributed by atoms with Crippen molar-refractivity contribution in [2.45, 2.75) is 33.3 Å². The van der Waals surface area contributed by atoms with E-state index in [1.807, 2.05) is 26.1 Å². The maximum atomic E-state index is 5.97. The molecule has 1 saturated heterocycles. The SMILES string of the molecule is CCOCC1CCN(C(=NC)NCC(C)Oc2cccc(C)c2)C1. The zero-order valence-electron chi connectivity index (χ0n) is 15.4. The Balaban J connectivity index is 1.77. The number of nitrogens with zero attached hydrogens (tertiary/aromatic N) is 2. The van der Waals surface area contributed by atoms with E-state index in [0.717, 1.165) is 51.0 Å². The summed E-state index contributed by atoms with van der Waals surface area (Å²) in [7, 11) is 1.84. The molecule has 0 radical (unpaired) electrons. The molecule has 1 fully saturated rings. The van der Waals surface area contributed by atoms with Gasteiger partial charge in [0.2, 0.25) is 0 Å². The maximum absolute atomic E-state index is 5.97. The molecule has 0 spiro atoms. The van der Waals surface area contributed by atoms with Crippen LogP contribution in [0.3, 0.4) is 0 Å². The fourth-order valence-electron chi connectivity index (χ4n) is 2.98. The van der Waals surface area contributed by atoms with Crippen molar-refractivity contribution >= 4 is 5.96 Å². The summed E-state index contributed by atoms with van der Waals surface area (Å²) in [5.41, 5.74) is 1.21. The van der Waals surface area contributed by atoms with E-state index in [0.29, 0.717) is 5.92 Å². The van der Waals surface area contributed by atoms with Gasteiger partial charge < -0.3 is 19.7 Å². The largest absolute Gasteiger partial charge is 0.489 e. The lowest BCUT2D eigenvalue weighted by Crippen LogP contribution is -2.43. The molecule has 134 valence electrons. The fourth-order valence-corrected chi connectivity index (χ4v) is 2.98. The molecule has 0 saturated carbocycles. The van der Waals surface area contributed by atoms with Gasteiger partial charge in [0, 0.05) is 32.7 Å². The lowest BCUT2D eigenvalue weighted by molar-refractivity contribution is 0.114. The monoisotopic (exact) mass is 333 g/mol. The number of ether oxygens (including phenoxy) is 2. The van der Waals surface area contributed by atoms with Crippen LogP contribution in [0.2, 0.25) is 0 Å². The van der Waals surface area contributed by atoms with Crippen molar-refractivity contribution in [1.82, 2.24) is 10.2 Å². The summed E-state index contributed by atoms with van der Waals surface area (Å²) in [4.78, 5) is 6.72. The molecule has 0 bridgehead atoms. The lowest BCUT2D eigenvalue weighted by atomic mass is 10.1. The van der Waals surface area contributed by atoms with E-state index in [-0.39, 0.29) is 6.10 Å². The Morgan fingerprint density at radius 2 is 2.29 bits per heavy atom. The van der Waals surface area contributed by atoms with Crippen LogP contribution in [0.25, 0.3) is 0 Å². The molecule has 0 aliphatic carbocycles. The van der Waals surface area contributed by atoms with Crippen molar-refractivity contribution in [3.05, 3.63) is 29.8 Å². The van der Waals surface area contributed by atoms with Gasteiger partial charge in [-0.15, -0.1) is 0 Å². The molecule has 1 heterocycles. The zero-order valence-corrected chi connectivity index (χ0v) is 15.4. The van der Waals surface area contributed by atoms with Crippen molar-refractivity contribution in [2.24, 2.45) is 10.9 Å². The number of aryl methyl sites for hydroxylation is 1. The van der Waals surface area contributed by atoms with Crippen LogP contribution in [0.4, 0.5) is 0 Å². The third-order valence-electron chi connectivity index (χ3n) is 4.23. The molecule has 0 amide bonds. The average Bonchev–Trinajstić information content (AvgIpc) is 3.02. The molecule has 1 aliphatic rings. The van der Waals surface area contributed by atoms with Crippen LogP contribution in [-0.4, -0.2) is 56.9 Å². The molecule has 5 heteroatoms. The number of aliphatic imine (C=N–C) groups is 1. The quantitative estimate of drug-likeness (QED) is 0.616. The minimum absolute atomic E-state index is 0.0744. The normalized spacial score (nSPS) is 19.4. The van der Waals surface area contributed by atoms with Crippen molar-refractivity contribution in [1.29, 1.82) is 0 Å². The third kappa shape index (κ3) is 5.71. The Labute approximate surface area is 146 Å². The summed E-state index contributed by atoms with van der Waals surface area (Å²) < 4.78 is 11.5. The predicted molar refractivity (Wildman–Crippen MR) is 98.8 cm³/mol. The lowest BCUT2D eigenvalue weighted by Gasteiger charge is -2.23. The number of hydrogen-bond acceptors (Lipinski definition) is 3. The van der Waals surface area contributed by atoms with Crippen LogP contribution < -0.4 is 10.1 Å².